The zero-order chi connectivity index (χ0) is 13.0. The van der Waals surface area contributed by atoms with Gasteiger partial charge in [0.05, 0.1) is 0 Å². The van der Waals surface area contributed by atoms with E-state index in [0.29, 0.717) is 12.0 Å². The van der Waals surface area contributed by atoms with E-state index in [1.165, 1.54) is 24.9 Å². The van der Waals surface area contributed by atoms with Gasteiger partial charge in [0.1, 0.15) is 0 Å². The highest BCUT2D eigenvalue weighted by atomic mass is 15.2. The smallest absolute Gasteiger partial charge is 0.0499 e. The van der Waals surface area contributed by atoms with Crippen LogP contribution in [0.1, 0.15) is 44.7 Å². The van der Waals surface area contributed by atoms with E-state index < -0.39 is 0 Å². The number of nitrogens with two attached hydrogens (primary N) is 1. The van der Waals surface area contributed by atoms with Crippen molar-refractivity contribution >= 4 is 0 Å². The van der Waals surface area contributed by atoms with E-state index in [1.54, 1.807) is 0 Å². The molecule has 2 nitrogen and oxygen atoms in total. The Labute approximate surface area is 111 Å². The lowest BCUT2D eigenvalue weighted by Crippen LogP contribution is -2.41. The molecule has 0 aliphatic carbocycles. The van der Waals surface area contributed by atoms with Gasteiger partial charge in [-0.1, -0.05) is 50.6 Å². The summed E-state index contributed by atoms with van der Waals surface area (Å²) >= 11 is 0. The number of hydrogen-bond donors (Lipinski definition) is 1. The Kier molecular flexibility index (Phi) is 4.79. The van der Waals surface area contributed by atoms with Crippen molar-refractivity contribution in [3.8, 4) is 0 Å². The largest absolute Gasteiger partial charge is 0.326 e. The summed E-state index contributed by atoms with van der Waals surface area (Å²) in [6, 6.07) is 11.5. The standard InChI is InChI=1S/C16H26N2/c1-13(2)12-18-11-7-6-10-15(17)16(18)14-8-4-3-5-9-14/h3-5,8-9,13,15-16H,6-7,10-12,17H2,1-2H3. The number of rotatable bonds is 3. The van der Waals surface area contributed by atoms with Gasteiger partial charge in [-0.05, 0) is 30.9 Å². The van der Waals surface area contributed by atoms with Gasteiger partial charge in [0.25, 0.3) is 0 Å². The Hall–Kier alpha value is -0.860. The third-order valence-electron chi connectivity index (χ3n) is 3.77. The van der Waals surface area contributed by atoms with Crippen LogP contribution in [-0.2, 0) is 0 Å². The first kappa shape index (κ1) is 13.6. The van der Waals surface area contributed by atoms with Crippen molar-refractivity contribution in [1.82, 2.24) is 4.90 Å². The van der Waals surface area contributed by atoms with Gasteiger partial charge < -0.3 is 5.73 Å². The zero-order valence-electron chi connectivity index (χ0n) is 11.7. The minimum atomic E-state index is 0.272. The Morgan fingerprint density at radius 1 is 1.22 bits per heavy atom. The van der Waals surface area contributed by atoms with Gasteiger partial charge in [0, 0.05) is 18.6 Å². The van der Waals surface area contributed by atoms with Crippen LogP contribution in [0.15, 0.2) is 30.3 Å². The van der Waals surface area contributed by atoms with Crippen LogP contribution in [0, 0.1) is 5.92 Å². The average molecular weight is 246 g/mol. The van der Waals surface area contributed by atoms with E-state index >= 15 is 0 Å². The van der Waals surface area contributed by atoms with E-state index in [9.17, 15) is 0 Å². The molecule has 18 heavy (non-hydrogen) atoms. The lowest BCUT2D eigenvalue weighted by Gasteiger charge is -2.35. The van der Waals surface area contributed by atoms with E-state index in [0.717, 1.165) is 13.0 Å². The van der Waals surface area contributed by atoms with Crippen LogP contribution in [0.5, 0.6) is 0 Å². The molecular weight excluding hydrogens is 220 g/mol. The lowest BCUT2D eigenvalue weighted by atomic mass is 9.96. The first-order valence-corrected chi connectivity index (χ1v) is 7.23. The highest BCUT2D eigenvalue weighted by Gasteiger charge is 2.28. The monoisotopic (exact) mass is 246 g/mol. The molecule has 0 saturated carbocycles. The second-order valence-corrected chi connectivity index (χ2v) is 5.90. The highest BCUT2D eigenvalue weighted by molar-refractivity contribution is 5.21. The summed E-state index contributed by atoms with van der Waals surface area (Å²) in [6.07, 6.45) is 3.69. The second-order valence-electron chi connectivity index (χ2n) is 5.90. The van der Waals surface area contributed by atoms with Gasteiger partial charge in [-0.15, -0.1) is 0 Å². The number of likely N-dealkylation sites (tertiary alicyclic amines) is 1. The molecule has 2 N–H and O–H groups in total. The van der Waals surface area contributed by atoms with Crippen molar-refractivity contribution in [3.63, 3.8) is 0 Å². The fourth-order valence-electron chi connectivity index (χ4n) is 3.04. The van der Waals surface area contributed by atoms with Crippen LogP contribution in [-0.4, -0.2) is 24.0 Å². The average Bonchev–Trinajstić information content (AvgIpc) is 2.51. The molecule has 0 bridgehead atoms. The third kappa shape index (κ3) is 3.33. The molecule has 1 saturated heterocycles. The molecule has 0 amide bonds. The fourth-order valence-corrected chi connectivity index (χ4v) is 3.04. The highest BCUT2D eigenvalue weighted by Crippen LogP contribution is 2.29. The van der Waals surface area contributed by atoms with Crippen molar-refractivity contribution in [2.24, 2.45) is 11.7 Å². The number of benzene rings is 1. The van der Waals surface area contributed by atoms with Crippen LogP contribution >= 0.6 is 0 Å². The summed E-state index contributed by atoms with van der Waals surface area (Å²) in [4.78, 5) is 2.59. The van der Waals surface area contributed by atoms with Crippen LogP contribution in [0.4, 0.5) is 0 Å². The molecule has 0 radical (unpaired) electrons. The molecule has 1 heterocycles. The topological polar surface area (TPSA) is 29.3 Å². The van der Waals surface area contributed by atoms with Gasteiger partial charge in [-0.3, -0.25) is 4.90 Å². The van der Waals surface area contributed by atoms with Gasteiger partial charge in [0.15, 0.2) is 0 Å². The maximum absolute atomic E-state index is 6.44. The van der Waals surface area contributed by atoms with Crippen molar-refractivity contribution in [2.75, 3.05) is 13.1 Å². The Morgan fingerprint density at radius 3 is 2.61 bits per heavy atom. The first-order valence-electron chi connectivity index (χ1n) is 7.23. The molecule has 1 aliphatic rings. The summed E-state index contributed by atoms with van der Waals surface area (Å²) in [7, 11) is 0. The summed E-state index contributed by atoms with van der Waals surface area (Å²) in [5.41, 5.74) is 7.82. The van der Waals surface area contributed by atoms with Crippen molar-refractivity contribution in [1.29, 1.82) is 0 Å². The lowest BCUT2D eigenvalue weighted by molar-refractivity contribution is 0.165. The van der Waals surface area contributed by atoms with Crippen molar-refractivity contribution < 1.29 is 0 Å². The molecular formula is C16H26N2. The fraction of sp³-hybridized carbons (Fsp3) is 0.625. The molecule has 1 aliphatic heterocycles. The van der Waals surface area contributed by atoms with E-state index in [2.05, 4.69) is 49.1 Å². The van der Waals surface area contributed by atoms with E-state index in [1.807, 2.05) is 0 Å². The number of nitrogens with zero attached hydrogens (tertiary/aromatic N) is 1. The molecule has 1 fully saturated rings. The van der Waals surface area contributed by atoms with Crippen LogP contribution in [0.3, 0.4) is 0 Å². The maximum Gasteiger partial charge on any atom is 0.0499 e. The van der Waals surface area contributed by atoms with Gasteiger partial charge >= 0.3 is 0 Å². The van der Waals surface area contributed by atoms with Gasteiger partial charge in [0.2, 0.25) is 0 Å². The molecule has 2 heteroatoms. The van der Waals surface area contributed by atoms with E-state index in [-0.39, 0.29) is 6.04 Å². The predicted octanol–water partition coefficient (Wildman–Crippen LogP) is 3.20. The first-order chi connectivity index (χ1) is 8.68. The minimum Gasteiger partial charge on any atom is -0.326 e. The molecule has 2 unspecified atom stereocenters. The molecule has 2 rings (SSSR count). The Balaban J connectivity index is 2.23. The SMILES string of the molecule is CC(C)CN1CCCCC(N)C1c1ccccc1. The molecule has 0 spiro atoms. The number of hydrogen-bond acceptors (Lipinski definition) is 2. The minimum absolute atomic E-state index is 0.272. The zero-order valence-corrected chi connectivity index (χ0v) is 11.7. The Bertz CT molecular complexity index is 347. The molecule has 1 aromatic carbocycles. The third-order valence-corrected chi connectivity index (χ3v) is 3.77. The summed E-state index contributed by atoms with van der Waals surface area (Å²) in [5, 5.41) is 0. The van der Waals surface area contributed by atoms with Crippen molar-refractivity contribution in [2.45, 2.75) is 45.2 Å². The molecule has 100 valence electrons. The van der Waals surface area contributed by atoms with Crippen LogP contribution in [0.25, 0.3) is 0 Å². The van der Waals surface area contributed by atoms with Crippen molar-refractivity contribution in [3.05, 3.63) is 35.9 Å². The molecule has 2 atom stereocenters. The van der Waals surface area contributed by atoms with E-state index in [4.69, 9.17) is 5.73 Å². The molecule has 0 aromatic heterocycles. The summed E-state index contributed by atoms with van der Waals surface area (Å²) < 4.78 is 0. The second kappa shape index (κ2) is 6.35. The maximum atomic E-state index is 6.44. The predicted molar refractivity (Wildman–Crippen MR) is 77.4 cm³/mol. The molecule has 1 aromatic rings. The van der Waals surface area contributed by atoms with Crippen LogP contribution in [0.2, 0.25) is 0 Å². The quantitative estimate of drug-likeness (QED) is 0.887. The van der Waals surface area contributed by atoms with Gasteiger partial charge in [-0.25, -0.2) is 0 Å². The summed E-state index contributed by atoms with van der Waals surface area (Å²) in [6.45, 7) is 6.91. The summed E-state index contributed by atoms with van der Waals surface area (Å²) in [5.74, 6) is 0.696. The van der Waals surface area contributed by atoms with Crippen LogP contribution < -0.4 is 5.73 Å². The van der Waals surface area contributed by atoms with Gasteiger partial charge in [-0.2, -0.15) is 0 Å². The normalized spacial score (nSPS) is 26.2. The Morgan fingerprint density at radius 2 is 1.94 bits per heavy atom.